The van der Waals surface area contributed by atoms with Crippen LogP contribution in [0.3, 0.4) is 0 Å². The molecule has 0 bridgehead atoms. The minimum atomic E-state index is 0.0690. The monoisotopic (exact) mass is 393 g/mol. The maximum Gasteiger partial charge on any atom is 0.233 e. The Balaban J connectivity index is 1.40. The van der Waals surface area contributed by atoms with Crippen molar-refractivity contribution in [2.45, 2.75) is 39.3 Å². The van der Waals surface area contributed by atoms with Crippen LogP contribution in [0.1, 0.15) is 42.3 Å². The third-order valence-corrected chi connectivity index (χ3v) is 5.12. The van der Waals surface area contributed by atoms with Crippen molar-refractivity contribution in [1.29, 1.82) is 0 Å². The summed E-state index contributed by atoms with van der Waals surface area (Å²) in [7, 11) is 0. The van der Waals surface area contributed by atoms with Gasteiger partial charge in [0.1, 0.15) is 18.1 Å². The lowest BCUT2D eigenvalue weighted by atomic mass is 9.94. The fourth-order valence-electron chi connectivity index (χ4n) is 3.63. The first kappa shape index (κ1) is 19.5. The van der Waals surface area contributed by atoms with Crippen molar-refractivity contribution < 1.29 is 13.9 Å². The summed E-state index contributed by atoms with van der Waals surface area (Å²) < 4.78 is 17.4. The second-order valence-corrected chi connectivity index (χ2v) is 7.29. The molecule has 0 radical (unpaired) electrons. The van der Waals surface area contributed by atoms with Gasteiger partial charge >= 0.3 is 0 Å². The van der Waals surface area contributed by atoms with Crippen molar-refractivity contribution >= 4 is 0 Å². The summed E-state index contributed by atoms with van der Waals surface area (Å²) in [5.41, 5.74) is 2.69. The van der Waals surface area contributed by atoms with Gasteiger partial charge in [0.2, 0.25) is 11.8 Å². The molecule has 0 aliphatic carbocycles. The van der Waals surface area contributed by atoms with Gasteiger partial charge in [-0.2, -0.15) is 0 Å². The van der Waals surface area contributed by atoms with Crippen LogP contribution >= 0.6 is 0 Å². The number of fused-ring (bicyclic) bond motifs is 1. The molecular weight excluding hydrogens is 366 g/mol. The second kappa shape index (κ2) is 9.09. The Morgan fingerprint density at radius 2 is 1.66 bits per heavy atom. The van der Waals surface area contributed by atoms with Crippen molar-refractivity contribution in [2.75, 3.05) is 19.8 Å². The van der Waals surface area contributed by atoms with Gasteiger partial charge in [0, 0.05) is 20.0 Å². The minimum Gasteiger partial charge on any atom is -0.494 e. The van der Waals surface area contributed by atoms with Crippen molar-refractivity contribution in [3.8, 4) is 11.5 Å². The Bertz CT molecular complexity index is 923. The van der Waals surface area contributed by atoms with Crippen LogP contribution in [0, 0.1) is 6.92 Å². The maximum absolute atomic E-state index is 5.98. The maximum atomic E-state index is 5.98. The van der Waals surface area contributed by atoms with E-state index in [1.54, 1.807) is 0 Å². The van der Waals surface area contributed by atoms with Crippen LogP contribution < -0.4 is 9.47 Å². The SMILES string of the molecule is CCCOc1ccc(OCCN2Cc3ccccc3C[C@H]2c2nnc(C)o2)cc1. The minimum absolute atomic E-state index is 0.0690. The molecule has 1 aromatic heterocycles. The number of benzene rings is 2. The van der Waals surface area contributed by atoms with E-state index < -0.39 is 0 Å². The molecule has 0 saturated carbocycles. The topological polar surface area (TPSA) is 60.6 Å². The van der Waals surface area contributed by atoms with Crippen molar-refractivity contribution in [3.05, 3.63) is 71.4 Å². The van der Waals surface area contributed by atoms with Crippen LogP contribution in [-0.4, -0.2) is 34.9 Å². The molecule has 1 atom stereocenters. The zero-order valence-corrected chi connectivity index (χ0v) is 17.0. The standard InChI is InChI=1S/C23H27N3O3/c1-3-13-27-20-8-10-21(11-9-20)28-14-12-26-16-19-7-5-4-6-18(19)15-22(26)23-25-24-17(2)29-23/h4-11,22H,3,12-16H2,1-2H3/t22-/m0/s1. The van der Waals surface area contributed by atoms with Crippen molar-refractivity contribution in [1.82, 2.24) is 15.1 Å². The van der Waals surface area contributed by atoms with E-state index in [0.29, 0.717) is 18.4 Å². The molecule has 1 aliphatic heterocycles. The van der Waals surface area contributed by atoms with E-state index in [0.717, 1.165) is 44.0 Å². The van der Waals surface area contributed by atoms with Gasteiger partial charge in [-0.25, -0.2) is 0 Å². The molecule has 0 fully saturated rings. The Morgan fingerprint density at radius 3 is 2.31 bits per heavy atom. The second-order valence-electron chi connectivity index (χ2n) is 7.29. The predicted octanol–water partition coefficient (Wildman–Crippen LogP) is 4.35. The van der Waals surface area contributed by atoms with Gasteiger partial charge in [-0.1, -0.05) is 31.2 Å². The number of hydrogen-bond donors (Lipinski definition) is 0. The molecule has 29 heavy (non-hydrogen) atoms. The lowest BCUT2D eigenvalue weighted by molar-refractivity contribution is 0.120. The van der Waals surface area contributed by atoms with Crippen LogP contribution in [0.2, 0.25) is 0 Å². The molecular formula is C23H27N3O3. The smallest absolute Gasteiger partial charge is 0.233 e. The summed E-state index contributed by atoms with van der Waals surface area (Å²) in [6, 6.07) is 16.4. The van der Waals surface area contributed by atoms with E-state index in [4.69, 9.17) is 13.9 Å². The molecule has 0 spiro atoms. The Kier molecular flexibility index (Phi) is 6.10. The Hall–Kier alpha value is -2.86. The van der Waals surface area contributed by atoms with Crippen LogP contribution in [-0.2, 0) is 13.0 Å². The first-order valence-corrected chi connectivity index (χ1v) is 10.2. The van der Waals surface area contributed by atoms with E-state index in [1.807, 2.05) is 31.2 Å². The van der Waals surface area contributed by atoms with E-state index in [2.05, 4.69) is 46.3 Å². The van der Waals surface area contributed by atoms with Crippen LogP contribution in [0.15, 0.2) is 52.9 Å². The Morgan fingerprint density at radius 1 is 0.966 bits per heavy atom. The first-order chi connectivity index (χ1) is 14.2. The summed E-state index contributed by atoms with van der Waals surface area (Å²) in [6.45, 7) is 6.85. The van der Waals surface area contributed by atoms with Crippen LogP contribution in [0.25, 0.3) is 0 Å². The average molecular weight is 393 g/mol. The molecule has 3 aromatic rings. The highest BCUT2D eigenvalue weighted by Crippen LogP contribution is 2.32. The highest BCUT2D eigenvalue weighted by molar-refractivity contribution is 5.32. The van der Waals surface area contributed by atoms with Gasteiger partial charge in [0.15, 0.2) is 0 Å². The third-order valence-electron chi connectivity index (χ3n) is 5.12. The normalized spacial score (nSPS) is 16.4. The van der Waals surface area contributed by atoms with E-state index >= 15 is 0 Å². The fraction of sp³-hybridized carbons (Fsp3) is 0.391. The number of aryl methyl sites for hydroxylation is 1. The molecule has 0 N–H and O–H groups in total. The largest absolute Gasteiger partial charge is 0.494 e. The number of nitrogens with zero attached hydrogens (tertiary/aromatic N) is 3. The predicted molar refractivity (Wildman–Crippen MR) is 110 cm³/mol. The fourth-order valence-corrected chi connectivity index (χ4v) is 3.63. The number of aromatic nitrogens is 2. The van der Waals surface area contributed by atoms with Gasteiger partial charge < -0.3 is 13.9 Å². The summed E-state index contributed by atoms with van der Waals surface area (Å²) in [4.78, 5) is 2.36. The summed E-state index contributed by atoms with van der Waals surface area (Å²) in [6.07, 6.45) is 1.86. The van der Waals surface area contributed by atoms with Crippen LogP contribution in [0.4, 0.5) is 0 Å². The summed E-state index contributed by atoms with van der Waals surface area (Å²) in [5, 5.41) is 8.30. The third kappa shape index (κ3) is 4.77. The number of ether oxygens (including phenoxy) is 2. The number of rotatable bonds is 8. The molecule has 6 nitrogen and oxygen atoms in total. The van der Waals surface area contributed by atoms with Gasteiger partial charge in [0.25, 0.3) is 0 Å². The van der Waals surface area contributed by atoms with Crippen LogP contribution in [0.5, 0.6) is 11.5 Å². The highest BCUT2D eigenvalue weighted by atomic mass is 16.5. The van der Waals surface area contributed by atoms with E-state index in [1.165, 1.54) is 11.1 Å². The molecule has 152 valence electrons. The molecule has 0 unspecified atom stereocenters. The quantitative estimate of drug-likeness (QED) is 0.567. The Labute approximate surface area is 171 Å². The molecule has 0 saturated heterocycles. The summed E-state index contributed by atoms with van der Waals surface area (Å²) >= 11 is 0. The molecule has 1 aliphatic rings. The van der Waals surface area contributed by atoms with Crippen molar-refractivity contribution in [2.24, 2.45) is 0 Å². The lowest BCUT2D eigenvalue weighted by Crippen LogP contribution is -2.37. The molecule has 0 amide bonds. The van der Waals surface area contributed by atoms with Gasteiger partial charge in [-0.05, 0) is 48.2 Å². The van der Waals surface area contributed by atoms with Crippen molar-refractivity contribution in [3.63, 3.8) is 0 Å². The van der Waals surface area contributed by atoms with E-state index in [-0.39, 0.29) is 6.04 Å². The highest BCUT2D eigenvalue weighted by Gasteiger charge is 2.30. The average Bonchev–Trinajstić information content (AvgIpc) is 3.18. The summed E-state index contributed by atoms with van der Waals surface area (Å²) in [5.74, 6) is 2.99. The first-order valence-electron chi connectivity index (χ1n) is 10.2. The zero-order chi connectivity index (χ0) is 20.1. The zero-order valence-electron chi connectivity index (χ0n) is 17.0. The molecule has 6 heteroatoms. The van der Waals surface area contributed by atoms with Gasteiger partial charge in [0.05, 0.1) is 12.6 Å². The van der Waals surface area contributed by atoms with Gasteiger partial charge in [-0.3, -0.25) is 4.90 Å². The lowest BCUT2D eigenvalue weighted by Gasteiger charge is -2.34. The van der Waals surface area contributed by atoms with Gasteiger partial charge in [-0.15, -0.1) is 10.2 Å². The number of hydrogen-bond acceptors (Lipinski definition) is 6. The van der Waals surface area contributed by atoms with E-state index in [9.17, 15) is 0 Å². The molecule has 4 rings (SSSR count). The molecule has 2 heterocycles. The molecule has 2 aromatic carbocycles.